The van der Waals surface area contributed by atoms with E-state index in [1.165, 1.54) is 5.57 Å². The van der Waals surface area contributed by atoms with Crippen LogP contribution in [0, 0.1) is 17.3 Å². The highest BCUT2D eigenvalue weighted by atomic mass is 16.1. The van der Waals surface area contributed by atoms with E-state index in [-0.39, 0.29) is 11.2 Å². The molecule has 0 aromatic heterocycles. The molecule has 0 fully saturated rings. The van der Waals surface area contributed by atoms with Gasteiger partial charge in [-0.05, 0) is 37.7 Å². The Labute approximate surface area is 93.3 Å². The van der Waals surface area contributed by atoms with Crippen molar-refractivity contribution in [2.24, 2.45) is 17.3 Å². The summed E-state index contributed by atoms with van der Waals surface area (Å²) in [4.78, 5) is 11.0. The lowest BCUT2D eigenvalue weighted by atomic mass is 9.63. The van der Waals surface area contributed by atoms with E-state index in [0.717, 1.165) is 6.42 Å². The van der Waals surface area contributed by atoms with Gasteiger partial charge in [0.1, 0.15) is 0 Å². The molecule has 2 atom stereocenters. The van der Waals surface area contributed by atoms with E-state index in [2.05, 4.69) is 39.8 Å². The molecule has 1 nitrogen and oxygen atoms in total. The number of hydrogen-bond donors (Lipinski definition) is 0. The first-order chi connectivity index (χ1) is 6.85. The summed E-state index contributed by atoms with van der Waals surface area (Å²) in [5.74, 6) is 1.21. The van der Waals surface area contributed by atoms with Gasteiger partial charge in [0.2, 0.25) is 0 Å². The summed E-state index contributed by atoms with van der Waals surface area (Å²) in [5, 5.41) is 0. The third kappa shape index (κ3) is 2.58. The van der Waals surface area contributed by atoms with Crippen LogP contribution in [0.3, 0.4) is 0 Å². The van der Waals surface area contributed by atoms with Crippen molar-refractivity contribution in [3.8, 4) is 0 Å². The molecule has 0 radical (unpaired) electrons. The van der Waals surface area contributed by atoms with Crippen LogP contribution in [0.2, 0.25) is 0 Å². The summed E-state index contributed by atoms with van der Waals surface area (Å²) in [6, 6.07) is 0. The zero-order valence-corrected chi connectivity index (χ0v) is 10.5. The number of allylic oxidation sites excluding steroid dienone is 4. The molecule has 1 heteroatoms. The molecule has 0 bridgehead atoms. The first-order valence-electron chi connectivity index (χ1n) is 5.71. The van der Waals surface area contributed by atoms with E-state index in [1.807, 2.05) is 0 Å². The lowest BCUT2D eigenvalue weighted by Crippen LogP contribution is -2.33. The molecule has 1 aliphatic rings. The van der Waals surface area contributed by atoms with Crippen LogP contribution in [0.15, 0.2) is 23.8 Å². The number of rotatable bonds is 2. The highest BCUT2D eigenvalue weighted by Crippen LogP contribution is 2.45. The van der Waals surface area contributed by atoms with E-state index in [1.54, 1.807) is 13.0 Å². The third-order valence-electron chi connectivity index (χ3n) is 3.88. The fourth-order valence-corrected chi connectivity index (χ4v) is 2.32. The number of carbonyl (C=O) groups is 1. The molecule has 0 unspecified atom stereocenters. The van der Waals surface area contributed by atoms with Crippen molar-refractivity contribution in [3.05, 3.63) is 23.8 Å². The highest BCUT2D eigenvalue weighted by molar-refractivity contribution is 5.87. The van der Waals surface area contributed by atoms with Crippen LogP contribution >= 0.6 is 0 Å². The van der Waals surface area contributed by atoms with Crippen molar-refractivity contribution >= 4 is 5.78 Å². The maximum atomic E-state index is 11.0. The maximum absolute atomic E-state index is 11.0. The van der Waals surface area contributed by atoms with Gasteiger partial charge in [0.15, 0.2) is 5.78 Å². The Morgan fingerprint density at radius 3 is 2.67 bits per heavy atom. The molecule has 1 rings (SSSR count). The number of hydrogen-bond acceptors (Lipinski definition) is 1. The van der Waals surface area contributed by atoms with Crippen LogP contribution in [-0.4, -0.2) is 5.78 Å². The fraction of sp³-hybridized carbons (Fsp3) is 0.643. The van der Waals surface area contributed by atoms with Crippen molar-refractivity contribution in [1.29, 1.82) is 0 Å². The molecule has 0 saturated heterocycles. The lowest BCUT2D eigenvalue weighted by molar-refractivity contribution is -0.112. The topological polar surface area (TPSA) is 17.1 Å². The van der Waals surface area contributed by atoms with E-state index < -0.39 is 0 Å². The molecule has 0 amide bonds. The molecule has 0 N–H and O–H groups in total. The van der Waals surface area contributed by atoms with Gasteiger partial charge in [-0.25, -0.2) is 0 Å². The average Bonchev–Trinajstić information content (AvgIpc) is 2.11. The average molecular weight is 206 g/mol. The summed E-state index contributed by atoms with van der Waals surface area (Å²) in [7, 11) is 0. The van der Waals surface area contributed by atoms with Crippen LogP contribution in [0.1, 0.15) is 41.0 Å². The molecule has 0 spiro atoms. The van der Waals surface area contributed by atoms with Gasteiger partial charge in [-0.15, -0.1) is 0 Å². The molecular formula is C14H22O. The SMILES string of the molecule is CC(=O)/C=C\[C@@H]1C(C)=CC[C@H](C)C1(C)C. The molecule has 0 aromatic rings. The van der Waals surface area contributed by atoms with Gasteiger partial charge in [0.25, 0.3) is 0 Å². The normalized spacial score (nSPS) is 30.3. The van der Waals surface area contributed by atoms with Crippen LogP contribution in [-0.2, 0) is 4.79 Å². The largest absolute Gasteiger partial charge is 0.295 e. The molecule has 1 aliphatic carbocycles. The molecule has 15 heavy (non-hydrogen) atoms. The molecule has 0 heterocycles. The second kappa shape index (κ2) is 4.34. The third-order valence-corrected chi connectivity index (χ3v) is 3.88. The quantitative estimate of drug-likeness (QED) is 0.496. The van der Waals surface area contributed by atoms with E-state index in [4.69, 9.17) is 0 Å². The minimum atomic E-state index is 0.136. The summed E-state index contributed by atoms with van der Waals surface area (Å²) >= 11 is 0. The fourth-order valence-electron chi connectivity index (χ4n) is 2.32. The predicted molar refractivity (Wildman–Crippen MR) is 64.6 cm³/mol. The van der Waals surface area contributed by atoms with Crippen molar-refractivity contribution in [2.75, 3.05) is 0 Å². The second-order valence-electron chi connectivity index (χ2n) is 5.35. The Morgan fingerprint density at radius 1 is 1.53 bits per heavy atom. The van der Waals surface area contributed by atoms with Gasteiger partial charge in [0, 0.05) is 5.92 Å². The number of carbonyl (C=O) groups excluding carboxylic acids is 1. The minimum Gasteiger partial charge on any atom is -0.295 e. The highest BCUT2D eigenvalue weighted by Gasteiger charge is 2.36. The lowest BCUT2D eigenvalue weighted by Gasteiger charge is -2.42. The van der Waals surface area contributed by atoms with Crippen molar-refractivity contribution in [3.63, 3.8) is 0 Å². The Hall–Kier alpha value is -0.850. The molecule has 84 valence electrons. The van der Waals surface area contributed by atoms with E-state index in [0.29, 0.717) is 11.8 Å². The van der Waals surface area contributed by atoms with Crippen LogP contribution in [0.4, 0.5) is 0 Å². The monoisotopic (exact) mass is 206 g/mol. The minimum absolute atomic E-state index is 0.136. The van der Waals surface area contributed by atoms with Gasteiger partial charge in [0.05, 0.1) is 0 Å². The Balaban J connectivity index is 2.96. The summed E-state index contributed by atoms with van der Waals surface area (Å²) < 4.78 is 0. The Morgan fingerprint density at radius 2 is 2.13 bits per heavy atom. The van der Waals surface area contributed by atoms with Crippen LogP contribution in [0.5, 0.6) is 0 Å². The molecular weight excluding hydrogens is 184 g/mol. The first kappa shape index (κ1) is 12.2. The summed E-state index contributed by atoms with van der Waals surface area (Å²) in [6.07, 6.45) is 7.25. The van der Waals surface area contributed by atoms with Gasteiger partial charge in [-0.3, -0.25) is 4.79 Å². The van der Waals surface area contributed by atoms with Crippen molar-refractivity contribution in [2.45, 2.75) is 41.0 Å². The summed E-state index contributed by atoms with van der Waals surface area (Å²) in [6.45, 7) is 10.7. The number of ketones is 1. The smallest absolute Gasteiger partial charge is 0.152 e. The Bertz CT molecular complexity index is 307. The first-order valence-corrected chi connectivity index (χ1v) is 5.71. The van der Waals surface area contributed by atoms with Gasteiger partial charge in [-0.1, -0.05) is 38.5 Å². The zero-order valence-electron chi connectivity index (χ0n) is 10.5. The second-order valence-corrected chi connectivity index (χ2v) is 5.35. The van der Waals surface area contributed by atoms with Crippen molar-refractivity contribution < 1.29 is 4.79 Å². The van der Waals surface area contributed by atoms with Crippen LogP contribution < -0.4 is 0 Å². The Kier molecular flexibility index (Phi) is 3.54. The van der Waals surface area contributed by atoms with Crippen LogP contribution in [0.25, 0.3) is 0 Å². The maximum Gasteiger partial charge on any atom is 0.152 e. The molecule has 0 aliphatic heterocycles. The van der Waals surface area contributed by atoms with Crippen molar-refractivity contribution in [1.82, 2.24) is 0 Å². The standard InChI is InChI=1S/C14H22O/c1-10-6-7-11(2)14(4,5)13(10)9-8-12(3)15/h6,8-9,11,13H,7H2,1-5H3/b9-8-/t11-,13+/m0/s1. The van der Waals surface area contributed by atoms with Gasteiger partial charge >= 0.3 is 0 Å². The zero-order chi connectivity index (χ0) is 11.6. The molecule has 0 aromatic carbocycles. The summed E-state index contributed by atoms with van der Waals surface area (Å²) in [5.41, 5.74) is 1.65. The van der Waals surface area contributed by atoms with Gasteiger partial charge in [-0.2, -0.15) is 0 Å². The molecule has 0 saturated carbocycles. The van der Waals surface area contributed by atoms with E-state index >= 15 is 0 Å². The van der Waals surface area contributed by atoms with E-state index in [9.17, 15) is 4.79 Å². The van der Waals surface area contributed by atoms with Gasteiger partial charge < -0.3 is 0 Å². The predicted octanol–water partition coefficient (Wildman–Crippen LogP) is 3.76.